The van der Waals surface area contributed by atoms with Crippen molar-refractivity contribution in [3.05, 3.63) is 36.0 Å². The van der Waals surface area contributed by atoms with Crippen LogP contribution in [-0.2, 0) is 13.1 Å². The molecule has 2 nitrogen and oxygen atoms in total. The molecule has 0 radical (unpaired) electrons. The van der Waals surface area contributed by atoms with Gasteiger partial charge in [0.2, 0.25) is 0 Å². The second kappa shape index (κ2) is 8.89. The third-order valence-electron chi connectivity index (χ3n) is 4.34. The van der Waals surface area contributed by atoms with Crippen molar-refractivity contribution in [2.75, 3.05) is 0 Å². The highest BCUT2D eigenvalue weighted by atomic mass is 15.0. The lowest BCUT2D eigenvalue weighted by molar-refractivity contribution is 0.549. The number of aromatic nitrogens is 1. The van der Waals surface area contributed by atoms with Gasteiger partial charge in [0.25, 0.3) is 0 Å². The van der Waals surface area contributed by atoms with Crippen molar-refractivity contribution in [2.24, 2.45) is 5.73 Å². The van der Waals surface area contributed by atoms with E-state index in [1.165, 1.54) is 67.8 Å². The maximum Gasteiger partial charge on any atom is 0.0525 e. The molecule has 0 aliphatic heterocycles. The van der Waals surface area contributed by atoms with Gasteiger partial charge in [-0.2, -0.15) is 0 Å². The van der Waals surface area contributed by atoms with Crippen LogP contribution in [0.5, 0.6) is 0 Å². The van der Waals surface area contributed by atoms with E-state index < -0.39 is 0 Å². The quantitative estimate of drug-likeness (QED) is 0.595. The molecule has 0 amide bonds. The van der Waals surface area contributed by atoms with Gasteiger partial charge in [-0.3, -0.25) is 0 Å². The fourth-order valence-electron chi connectivity index (χ4n) is 3.11. The molecule has 1 heterocycles. The summed E-state index contributed by atoms with van der Waals surface area (Å²) in [5.41, 5.74) is 8.46. The molecule has 0 bridgehead atoms. The second-order valence-electron chi connectivity index (χ2n) is 6.04. The number of unbranched alkanes of at least 4 members (excludes halogenated alkanes) is 7. The monoisotopic (exact) mass is 286 g/mol. The minimum Gasteiger partial charge on any atom is -0.347 e. The Bertz CT molecular complexity index is 527. The molecule has 0 spiro atoms. The molecule has 0 fully saturated rings. The van der Waals surface area contributed by atoms with E-state index in [4.69, 9.17) is 5.73 Å². The van der Waals surface area contributed by atoms with Crippen LogP contribution in [0, 0.1) is 0 Å². The number of nitrogens with two attached hydrogens (primary N) is 1. The highest BCUT2D eigenvalue weighted by Gasteiger charge is 2.05. The molecule has 0 aliphatic carbocycles. The van der Waals surface area contributed by atoms with Gasteiger partial charge in [0.15, 0.2) is 0 Å². The van der Waals surface area contributed by atoms with Crippen molar-refractivity contribution in [1.29, 1.82) is 0 Å². The van der Waals surface area contributed by atoms with Gasteiger partial charge in [-0.05, 0) is 23.4 Å². The first-order chi connectivity index (χ1) is 10.4. The van der Waals surface area contributed by atoms with Crippen LogP contribution in [0.4, 0.5) is 0 Å². The van der Waals surface area contributed by atoms with Crippen LogP contribution in [0.15, 0.2) is 30.5 Å². The van der Waals surface area contributed by atoms with E-state index in [0.29, 0.717) is 6.54 Å². The zero-order valence-corrected chi connectivity index (χ0v) is 13.5. The zero-order valence-electron chi connectivity index (χ0n) is 13.5. The van der Waals surface area contributed by atoms with E-state index in [2.05, 4.69) is 42.0 Å². The summed E-state index contributed by atoms with van der Waals surface area (Å²) < 4.78 is 2.38. The third-order valence-corrected chi connectivity index (χ3v) is 4.34. The van der Waals surface area contributed by atoms with Gasteiger partial charge < -0.3 is 10.3 Å². The maximum absolute atomic E-state index is 5.86. The molecule has 21 heavy (non-hydrogen) atoms. The summed E-state index contributed by atoms with van der Waals surface area (Å²) in [5.74, 6) is 0. The number of hydrogen-bond acceptors (Lipinski definition) is 1. The van der Waals surface area contributed by atoms with Crippen LogP contribution in [-0.4, -0.2) is 4.57 Å². The van der Waals surface area contributed by atoms with Crippen LogP contribution in [0.1, 0.15) is 63.9 Å². The second-order valence-corrected chi connectivity index (χ2v) is 6.04. The average Bonchev–Trinajstić information content (AvgIpc) is 2.93. The molecular formula is C19H30N2. The van der Waals surface area contributed by atoms with Crippen molar-refractivity contribution in [2.45, 2.75) is 71.4 Å². The van der Waals surface area contributed by atoms with Crippen molar-refractivity contribution in [3.8, 4) is 0 Å². The summed E-state index contributed by atoms with van der Waals surface area (Å²) in [5, 5.41) is 1.32. The fraction of sp³-hybridized carbons (Fsp3) is 0.579. The van der Waals surface area contributed by atoms with E-state index in [0.717, 1.165) is 6.54 Å². The number of hydrogen-bond donors (Lipinski definition) is 1. The number of nitrogens with zero attached hydrogens (tertiary/aromatic N) is 1. The van der Waals surface area contributed by atoms with E-state index >= 15 is 0 Å². The number of aryl methyl sites for hydroxylation is 1. The normalized spacial score (nSPS) is 11.3. The molecule has 1 aromatic carbocycles. The molecular weight excluding hydrogens is 256 g/mol. The Kier molecular flexibility index (Phi) is 6.81. The first-order valence-corrected chi connectivity index (χ1v) is 8.63. The van der Waals surface area contributed by atoms with Gasteiger partial charge in [-0.1, -0.05) is 70.1 Å². The van der Waals surface area contributed by atoms with Crippen LogP contribution in [0.3, 0.4) is 0 Å². The minimum atomic E-state index is 0.624. The molecule has 0 unspecified atom stereocenters. The van der Waals surface area contributed by atoms with Gasteiger partial charge in [-0.25, -0.2) is 0 Å². The Morgan fingerprint density at radius 2 is 1.62 bits per heavy atom. The van der Waals surface area contributed by atoms with Crippen molar-refractivity contribution in [3.63, 3.8) is 0 Å². The molecule has 2 heteroatoms. The van der Waals surface area contributed by atoms with Gasteiger partial charge in [0.1, 0.15) is 0 Å². The lowest BCUT2D eigenvalue weighted by Gasteiger charge is -2.09. The molecule has 2 aromatic rings. The Balaban J connectivity index is 1.76. The summed E-state index contributed by atoms with van der Waals surface area (Å²) in [4.78, 5) is 0. The predicted octanol–water partition coefficient (Wildman–Crippen LogP) is 5.24. The molecule has 116 valence electrons. The molecule has 0 saturated carbocycles. The van der Waals surface area contributed by atoms with Crippen LogP contribution >= 0.6 is 0 Å². The summed E-state index contributed by atoms with van der Waals surface area (Å²) in [7, 11) is 0. The van der Waals surface area contributed by atoms with Gasteiger partial charge in [0, 0.05) is 19.3 Å². The molecule has 2 rings (SSSR count). The van der Waals surface area contributed by atoms with Crippen molar-refractivity contribution in [1.82, 2.24) is 4.57 Å². The van der Waals surface area contributed by atoms with Gasteiger partial charge in [0.05, 0.1) is 5.52 Å². The summed E-state index contributed by atoms with van der Waals surface area (Å²) >= 11 is 0. The SMILES string of the molecule is CCCCCCCCCCn1ccc2cccc(CN)c21. The van der Waals surface area contributed by atoms with Crippen molar-refractivity contribution >= 4 is 10.9 Å². The lowest BCUT2D eigenvalue weighted by atomic mass is 10.1. The highest BCUT2D eigenvalue weighted by Crippen LogP contribution is 2.21. The summed E-state index contributed by atoms with van der Waals surface area (Å²) in [6.07, 6.45) is 13.2. The molecule has 2 N–H and O–H groups in total. The van der Waals surface area contributed by atoms with E-state index in [9.17, 15) is 0 Å². The number of benzene rings is 1. The molecule has 0 aliphatic rings. The molecule has 0 saturated heterocycles. The standard InChI is InChI=1S/C19H30N2/c1-2-3-4-5-6-7-8-9-14-21-15-13-17-11-10-12-18(16-20)19(17)21/h10-13,15H,2-9,14,16,20H2,1H3. The largest absolute Gasteiger partial charge is 0.347 e. The summed E-state index contributed by atoms with van der Waals surface area (Å²) in [6.45, 7) is 4.02. The number of fused-ring (bicyclic) bond motifs is 1. The highest BCUT2D eigenvalue weighted by molar-refractivity contribution is 5.83. The first kappa shape index (κ1) is 16.1. The number of para-hydroxylation sites is 1. The van der Waals surface area contributed by atoms with Crippen molar-refractivity contribution < 1.29 is 0 Å². The first-order valence-electron chi connectivity index (χ1n) is 8.63. The Morgan fingerprint density at radius 1 is 0.905 bits per heavy atom. The molecule has 1 aromatic heterocycles. The predicted molar refractivity (Wildman–Crippen MR) is 92.4 cm³/mol. The molecule has 0 atom stereocenters. The minimum absolute atomic E-state index is 0.624. The topological polar surface area (TPSA) is 30.9 Å². The lowest BCUT2D eigenvalue weighted by Crippen LogP contribution is -2.02. The van der Waals surface area contributed by atoms with Crippen LogP contribution in [0.2, 0.25) is 0 Å². The maximum atomic E-state index is 5.86. The Morgan fingerprint density at radius 3 is 2.33 bits per heavy atom. The van der Waals surface area contributed by atoms with E-state index in [1.807, 2.05) is 0 Å². The zero-order chi connectivity index (χ0) is 14.9. The Hall–Kier alpha value is -1.28. The van der Waals surface area contributed by atoms with E-state index in [-0.39, 0.29) is 0 Å². The summed E-state index contributed by atoms with van der Waals surface area (Å²) in [6, 6.07) is 8.63. The fourth-order valence-corrected chi connectivity index (χ4v) is 3.11. The van der Waals surface area contributed by atoms with E-state index in [1.54, 1.807) is 0 Å². The van der Waals surface area contributed by atoms with Crippen LogP contribution in [0.25, 0.3) is 10.9 Å². The van der Waals surface area contributed by atoms with Gasteiger partial charge in [-0.15, -0.1) is 0 Å². The Labute approximate surface area is 129 Å². The average molecular weight is 286 g/mol. The number of rotatable bonds is 10. The third kappa shape index (κ3) is 4.60. The smallest absolute Gasteiger partial charge is 0.0525 e. The van der Waals surface area contributed by atoms with Gasteiger partial charge >= 0.3 is 0 Å². The van der Waals surface area contributed by atoms with Crippen LogP contribution < -0.4 is 5.73 Å².